The van der Waals surface area contributed by atoms with Gasteiger partial charge < -0.3 is 29.0 Å². The van der Waals surface area contributed by atoms with Gasteiger partial charge in [-0.05, 0) is 72.6 Å². The molecule has 0 aromatic heterocycles. The van der Waals surface area contributed by atoms with Crippen LogP contribution in [0.1, 0.15) is 39.6 Å². The van der Waals surface area contributed by atoms with Crippen LogP contribution in [-0.4, -0.2) is 58.5 Å². The maximum atomic E-state index is 12.5. The van der Waals surface area contributed by atoms with Gasteiger partial charge in [-0.2, -0.15) is 5.10 Å². The zero-order chi connectivity index (χ0) is 28.9. The number of carbonyl (C=O) groups excluding carboxylic acids is 3. The number of nitrogens with zero attached hydrogens (tertiary/aromatic N) is 1. The van der Waals surface area contributed by atoms with Crippen LogP contribution in [-0.2, 0) is 4.79 Å². The lowest BCUT2D eigenvalue weighted by Crippen LogP contribution is -2.34. The molecule has 11 heteroatoms. The summed E-state index contributed by atoms with van der Waals surface area (Å²) in [5, 5.41) is 6.39. The molecule has 0 bridgehead atoms. The highest BCUT2D eigenvalue weighted by Gasteiger charge is 2.17. The first kappa shape index (κ1) is 29.5. The van der Waals surface area contributed by atoms with Gasteiger partial charge in [-0.1, -0.05) is 6.92 Å². The number of nitrogens with one attached hydrogen (secondary N) is 2. The fourth-order valence-electron chi connectivity index (χ4n) is 3.39. The van der Waals surface area contributed by atoms with Gasteiger partial charge in [-0.15, -0.1) is 0 Å². The number of benzene rings is 3. The Hall–Kier alpha value is -5.06. The number of hydrazone groups is 1. The molecule has 0 heterocycles. The molecule has 0 aliphatic heterocycles. The standard InChI is InChI=1S/C29H31N3O8/c1-5-14-39-22-12-8-20(9-13-22)29(35)40-23-10-6-19(7-11-23)17-31-32-26(33)18-30-28(34)21-15-24(36-2)27(38-4)25(16-21)37-3/h6-13,15-17H,5,14,18H2,1-4H3,(H,30,34)(H,32,33)/b31-17+. The summed E-state index contributed by atoms with van der Waals surface area (Å²) < 4.78 is 26.6. The highest BCUT2D eigenvalue weighted by molar-refractivity contribution is 5.97. The molecule has 0 fully saturated rings. The van der Waals surface area contributed by atoms with Crippen molar-refractivity contribution < 1.29 is 38.1 Å². The quantitative estimate of drug-likeness (QED) is 0.143. The zero-order valence-electron chi connectivity index (χ0n) is 22.7. The summed E-state index contributed by atoms with van der Waals surface area (Å²) in [6.45, 7) is 2.31. The van der Waals surface area contributed by atoms with Gasteiger partial charge in [0, 0.05) is 5.56 Å². The van der Waals surface area contributed by atoms with Gasteiger partial charge >= 0.3 is 5.97 Å². The van der Waals surface area contributed by atoms with Gasteiger partial charge in [-0.25, -0.2) is 10.2 Å². The molecule has 0 aliphatic rings. The third-order valence-electron chi connectivity index (χ3n) is 5.39. The van der Waals surface area contributed by atoms with Crippen molar-refractivity contribution in [3.63, 3.8) is 0 Å². The van der Waals surface area contributed by atoms with Crippen molar-refractivity contribution in [3.05, 3.63) is 77.4 Å². The topological polar surface area (TPSA) is 134 Å². The van der Waals surface area contributed by atoms with Crippen LogP contribution in [0.3, 0.4) is 0 Å². The third-order valence-corrected chi connectivity index (χ3v) is 5.39. The molecule has 40 heavy (non-hydrogen) atoms. The lowest BCUT2D eigenvalue weighted by atomic mass is 10.1. The van der Waals surface area contributed by atoms with Crippen molar-refractivity contribution in [2.24, 2.45) is 5.10 Å². The summed E-state index contributed by atoms with van der Waals surface area (Å²) in [7, 11) is 4.34. The normalized spacial score (nSPS) is 10.5. The number of esters is 1. The first-order valence-electron chi connectivity index (χ1n) is 12.3. The van der Waals surface area contributed by atoms with Gasteiger partial charge in [0.2, 0.25) is 5.75 Å². The van der Waals surface area contributed by atoms with Crippen LogP contribution in [0.5, 0.6) is 28.7 Å². The van der Waals surface area contributed by atoms with E-state index in [-0.39, 0.29) is 12.1 Å². The number of amides is 2. The van der Waals surface area contributed by atoms with E-state index in [9.17, 15) is 14.4 Å². The Balaban J connectivity index is 1.47. The number of hydrogen-bond donors (Lipinski definition) is 2. The highest BCUT2D eigenvalue weighted by Crippen LogP contribution is 2.38. The minimum Gasteiger partial charge on any atom is -0.494 e. The van der Waals surface area contributed by atoms with Crippen molar-refractivity contribution in [3.8, 4) is 28.7 Å². The molecule has 0 spiro atoms. The summed E-state index contributed by atoms with van der Waals surface area (Å²) >= 11 is 0. The number of carbonyl (C=O) groups is 3. The predicted octanol–water partition coefficient (Wildman–Crippen LogP) is 3.60. The molecule has 2 N–H and O–H groups in total. The summed E-state index contributed by atoms with van der Waals surface area (Å²) in [5.74, 6) is 0.481. The summed E-state index contributed by atoms with van der Waals surface area (Å²) in [6.07, 6.45) is 2.31. The number of rotatable bonds is 13. The first-order valence-corrected chi connectivity index (χ1v) is 12.3. The summed E-state index contributed by atoms with van der Waals surface area (Å²) in [6, 6.07) is 16.2. The van der Waals surface area contributed by atoms with Gasteiger partial charge in [0.1, 0.15) is 11.5 Å². The summed E-state index contributed by atoms with van der Waals surface area (Å²) in [5.41, 5.74) is 3.61. The molecular formula is C29H31N3O8. The van der Waals surface area contributed by atoms with E-state index in [0.717, 1.165) is 6.42 Å². The highest BCUT2D eigenvalue weighted by atomic mass is 16.5. The molecule has 3 aromatic carbocycles. The second-order valence-corrected chi connectivity index (χ2v) is 8.22. The van der Waals surface area contributed by atoms with Crippen molar-refractivity contribution >= 4 is 24.0 Å². The third kappa shape index (κ3) is 8.22. The van der Waals surface area contributed by atoms with Gasteiger partial charge in [0.15, 0.2) is 11.5 Å². The SMILES string of the molecule is CCCOc1ccc(C(=O)Oc2ccc(/C=N/NC(=O)CNC(=O)c3cc(OC)c(OC)c(OC)c3)cc2)cc1. The zero-order valence-corrected chi connectivity index (χ0v) is 22.7. The molecule has 210 valence electrons. The van der Waals surface area contributed by atoms with Crippen LogP contribution in [0, 0.1) is 0 Å². The first-order chi connectivity index (χ1) is 19.4. The molecule has 3 rings (SSSR count). The Bertz CT molecular complexity index is 1310. The van der Waals surface area contributed by atoms with Crippen molar-refractivity contribution in [2.45, 2.75) is 13.3 Å². The molecule has 0 radical (unpaired) electrons. The second kappa shape index (κ2) is 14.8. The maximum Gasteiger partial charge on any atom is 0.343 e. The lowest BCUT2D eigenvalue weighted by Gasteiger charge is -2.14. The monoisotopic (exact) mass is 549 g/mol. The largest absolute Gasteiger partial charge is 0.494 e. The van der Waals surface area contributed by atoms with E-state index in [0.29, 0.717) is 46.5 Å². The van der Waals surface area contributed by atoms with E-state index in [1.165, 1.54) is 39.7 Å². The average molecular weight is 550 g/mol. The van der Waals surface area contributed by atoms with Gasteiger partial charge in [-0.3, -0.25) is 9.59 Å². The summed E-state index contributed by atoms with van der Waals surface area (Å²) in [4.78, 5) is 37.0. The molecule has 0 aliphatic carbocycles. The van der Waals surface area contributed by atoms with Crippen molar-refractivity contribution in [1.82, 2.24) is 10.7 Å². The van der Waals surface area contributed by atoms with Crippen molar-refractivity contribution in [1.29, 1.82) is 0 Å². The van der Waals surface area contributed by atoms with Crippen LogP contribution in [0.25, 0.3) is 0 Å². The van der Waals surface area contributed by atoms with Gasteiger partial charge in [0.05, 0.1) is 46.3 Å². The van der Waals surface area contributed by atoms with Crippen LogP contribution in [0.4, 0.5) is 0 Å². The van der Waals surface area contributed by atoms with E-state index < -0.39 is 17.8 Å². The minimum atomic E-state index is -0.534. The van der Waals surface area contributed by atoms with Crippen LogP contribution in [0.15, 0.2) is 65.8 Å². The Kier molecular flexibility index (Phi) is 10.9. The van der Waals surface area contributed by atoms with Crippen LogP contribution in [0.2, 0.25) is 0 Å². The van der Waals surface area contributed by atoms with Crippen LogP contribution >= 0.6 is 0 Å². The smallest absolute Gasteiger partial charge is 0.343 e. The van der Waals surface area contributed by atoms with Crippen molar-refractivity contribution in [2.75, 3.05) is 34.5 Å². The number of methoxy groups -OCH3 is 3. The van der Waals surface area contributed by atoms with E-state index in [2.05, 4.69) is 15.8 Å². The predicted molar refractivity (Wildman–Crippen MR) is 148 cm³/mol. The fraction of sp³-hybridized carbons (Fsp3) is 0.241. The maximum absolute atomic E-state index is 12.5. The molecule has 0 saturated heterocycles. The Morgan fingerprint density at radius 2 is 1.45 bits per heavy atom. The minimum absolute atomic E-state index is 0.226. The van der Waals surface area contributed by atoms with E-state index in [1.807, 2.05) is 6.92 Å². The van der Waals surface area contributed by atoms with E-state index >= 15 is 0 Å². The fourth-order valence-corrected chi connectivity index (χ4v) is 3.39. The molecular weight excluding hydrogens is 518 g/mol. The molecule has 0 unspecified atom stereocenters. The Labute approximate surface area is 232 Å². The average Bonchev–Trinajstić information content (AvgIpc) is 2.99. The Morgan fingerprint density at radius 3 is 2.02 bits per heavy atom. The molecule has 0 saturated carbocycles. The van der Waals surface area contributed by atoms with Crippen LogP contribution < -0.4 is 34.4 Å². The van der Waals surface area contributed by atoms with Gasteiger partial charge in [0.25, 0.3) is 11.8 Å². The molecule has 2 amide bonds. The Morgan fingerprint density at radius 1 is 0.825 bits per heavy atom. The lowest BCUT2D eigenvalue weighted by molar-refractivity contribution is -0.120. The molecule has 11 nitrogen and oxygen atoms in total. The number of hydrogen-bond acceptors (Lipinski definition) is 9. The molecule has 3 aromatic rings. The van der Waals surface area contributed by atoms with E-state index in [1.54, 1.807) is 48.5 Å². The number of ether oxygens (including phenoxy) is 5. The molecule has 0 atom stereocenters. The van der Waals surface area contributed by atoms with E-state index in [4.69, 9.17) is 23.7 Å². The second-order valence-electron chi connectivity index (χ2n) is 8.22.